The molecule has 5 heteroatoms. The SMILES string of the molecule is Cc1cccc(OCC(=O)NCCCn2ccc3cccnc32)c1. The van der Waals surface area contributed by atoms with Crippen LogP contribution in [0.3, 0.4) is 0 Å². The number of carbonyl (C=O) groups excluding carboxylic acids is 1. The van der Waals surface area contributed by atoms with E-state index < -0.39 is 0 Å². The second-order valence-corrected chi connectivity index (χ2v) is 5.73. The minimum Gasteiger partial charge on any atom is -0.484 e. The molecule has 1 N–H and O–H groups in total. The lowest BCUT2D eigenvalue weighted by molar-refractivity contribution is -0.123. The summed E-state index contributed by atoms with van der Waals surface area (Å²) in [6.07, 6.45) is 4.67. The predicted molar refractivity (Wildman–Crippen MR) is 94.0 cm³/mol. The molecule has 0 spiro atoms. The van der Waals surface area contributed by atoms with Crippen molar-refractivity contribution in [2.75, 3.05) is 13.2 Å². The van der Waals surface area contributed by atoms with Crippen LogP contribution >= 0.6 is 0 Å². The Kier molecular flexibility index (Phi) is 5.11. The van der Waals surface area contributed by atoms with Gasteiger partial charge in [-0.25, -0.2) is 4.98 Å². The van der Waals surface area contributed by atoms with E-state index in [-0.39, 0.29) is 12.5 Å². The molecular weight excluding hydrogens is 302 g/mol. The van der Waals surface area contributed by atoms with Crippen molar-refractivity contribution in [3.8, 4) is 5.75 Å². The lowest BCUT2D eigenvalue weighted by Crippen LogP contribution is -2.30. The van der Waals surface area contributed by atoms with Crippen LogP contribution in [0.1, 0.15) is 12.0 Å². The fraction of sp³-hybridized carbons (Fsp3) is 0.263. The number of fused-ring (bicyclic) bond motifs is 1. The summed E-state index contributed by atoms with van der Waals surface area (Å²) in [4.78, 5) is 16.2. The van der Waals surface area contributed by atoms with Crippen LogP contribution in [-0.2, 0) is 11.3 Å². The molecule has 0 saturated heterocycles. The summed E-state index contributed by atoms with van der Waals surface area (Å²) >= 11 is 0. The van der Waals surface area contributed by atoms with E-state index in [4.69, 9.17) is 4.74 Å². The Hall–Kier alpha value is -2.82. The number of hydrogen-bond acceptors (Lipinski definition) is 3. The quantitative estimate of drug-likeness (QED) is 0.680. The topological polar surface area (TPSA) is 56.1 Å². The van der Waals surface area contributed by atoms with Crippen molar-refractivity contribution in [3.63, 3.8) is 0 Å². The summed E-state index contributed by atoms with van der Waals surface area (Å²) in [7, 11) is 0. The minimum atomic E-state index is -0.105. The molecule has 2 heterocycles. The standard InChI is InChI=1S/C19H21N3O2/c1-15-5-2-7-17(13-15)24-14-18(23)20-10-4-11-22-12-8-16-6-3-9-21-19(16)22/h2-3,5-9,12-13H,4,10-11,14H2,1H3,(H,20,23). The van der Waals surface area contributed by atoms with Gasteiger partial charge in [0.1, 0.15) is 11.4 Å². The number of benzene rings is 1. The van der Waals surface area contributed by atoms with Gasteiger partial charge < -0.3 is 14.6 Å². The normalized spacial score (nSPS) is 10.7. The molecule has 0 radical (unpaired) electrons. The van der Waals surface area contributed by atoms with Gasteiger partial charge in [0.05, 0.1) is 0 Å². The largest absolute Gasteiger partial charge is 0.484 e. The van der Waals surface area contributed by atoms with E-state index in [1.54, 1.807) is 6.20 Å². The van der Waals surface area contributed by atoms with Crippen LogP contribution in [-0.4, -0.2) is 28.6 Å². The maximum atomic E-state index is 11.8. The monoisotopic (exact) mass is 323 g/mol. The lowest BCUT2D eigenvalue weighted by Gasteiger charge is -2.08. The molecule has 124 valence electrons. The van der Waals surface area contributed by atoms with E-state index in [2.05, 4.69) is 20.9 Å². The highest BCUT2D eigenvalue weighted by molar-refractivity contribution is 5.77. The van der Waals surface area contributed by atoms with Gasteiger partial charge in [0.25, 0.3) is 5.91 Å². The first-order chi connectivity index (χ1) is 11.7. The van der Waals surface area contributed by atoms with Crippen molar-refractivity contribution < 1.29 is 9.53 Å². The Morgan fingerprint density at radius 2 is 2.17 bits per heavy atom. The van der Waals surface area contributed by atoms with Gasteiger partial charge in [-0.3, -0.25) is 4.79 Å². The number of nitrogens with one attached hydrogen (secondary N) is 1. The third-order valence-electron chi connectivity index (χ3n) is 3.78. The second-order valence-electron chi connectivity index (χ2n) is 5.73. The van der Waals surface area contributed by atoms with Gasteiger partial charge in [-0.2, -0.15) is 0 Å². The van der Waals surface area contributed by atoms with Crippen LogP contribution in [0.25, 0.3) is 11.0 Å². The smallest absolute Gasteiger partial charge is 0.257 e. The summed E-state index contributed by atoms with van der Waals surface area (Å²) in [5.74, 6) is 0.613. The summed E-state index contributed by atoms with van der Waals surface area (Å²) in [6, 6.07) is 13.7. The average molecular weight is 323 g/mol. The molecule has 1 amide bonds. The number of rotatable bonds is 7. The first-order valence-corrected chi connectivity index (χ1v) is 8.08. The zero-order chi connectivity index (χ0) is 16.8. The van der Waals surface area contributed by atoms with Crippen LogP contribution in [0.15, 0.2) is 54.9 Å². The third kappa shape index (κ3) is 4.13. The number of hydrogen-bond donors (Lipinski definition) is 1. The first-order valence-electron chi connectivity index (χ1n) is 8.08. The van der Waals surface area contributed by atoms with Gasteiger partial charge >= 0.3 is 0 Å². The van der Waals surface area contributed by atoms with Crippen LogP contribution in [0.4, 0.5) is 0 Å². The third-order valence-corrected chi connectivity index (χ3v) is 3.78. The Morgan fingerprint density at radius 3 is 3.04 bits per heavy atom. The fourth-order valence-electron chi connectivity index (χ4n) is 2.58. The molecule has 5 nitrogen and oxygen atoms in total. The van der Waals surface area contributed by atoms with Crippen LogP contribution in [0, 0.1) is 6.92 Å². The van der Waals surface area contributed by atoms with Gasteiger partial charge in [-0.1, -0.05) is 12.1 Å². The van der Waals surface area contributed by atoms with E-state index in [0.29, 0.717) is 6.54 Å². The van der Waals surface area contributed by atoms with Gasteiger partial charge in [-0.05, 0) is 49.2 Å². The number of aryl methyl sites for hydroxylation is 2. The molecule has 0 aliphatic rings. The zero-order valence-corrected chi connectivity index (χ0v) is 13.7. The Balaban J connectivity index is 1.39. The number of pyridine rings is 1. The van der Waals surface area contributed by atoms with E-state index in [0.717, 1.165) is 35.3 Å². The highest BCUT2D eigenvalue weighted by Gasteiger charge is 2.04. The highest BCUT2D eigenvalue weighted by atomic mass is 16.5. The number of amides is 1. The Labute approximate surface area is 141 Å². The average Bonchev–Trinajstić information content (AvgIpc) is 3.00. The van der Waals surface area contributed by atoms with Crippen molar-refractivity contribution in [1.29, 1.82) is 0 Å². The van der Waals surface area contributed by atoms with Crippen LogP contribution in [0.2, 0.25) is 0 Å². The molecule has 0 aliphatic carbocycles. The minimum absolute atomic E-state index is 0.0391. The van der Waals surface area contributed by atoms with Crippen LogP contribution in [0.5, 0.6) is 5.75 Å². The molecule has 0 unspecified atom stereocenters. The van der Waals surface area contributed by atoms with Gasteiger partial charge in [0.15, 0.2) is 6.61 Å². The van der Waals surface area contributed by atoms with E-state index in [1.807, 2.05) is 49.5 Å². The highest BCUT2D eigenvalue weighted by Crippen LogP contribution is 2.13. The van der Waals surface area contributed by atoms with Gasteiger partial charge in [0.2, 0.25) is 0 Å². The zero-order valence-electron chi connectivity index (χ0n) is 13.7. The van der Waals surface area contributed by atoms with Gasteiger partial charge in [0, 0.05) is 30.9 Å². The number of carbonyl (C=O) groups is 1. The van der Waals surface area contributed by atoms with E-state index >= 15 is 0 Å². The molecule has 24 heavy (non-hydrogen) atoms. The molecule has 0 bridgehead atoms. The summed E-state index contributed by atoms with van der Waals surface area (Å²) in [5.41, 5.74) is 2.09. The fourth-order valence-corrected chi connectivity index (χ4v) is 2.58. The molecular formula is C19H21N3O2. The van der Waals surface area contributed by atoms with Gasteiger partial charge in [-0.15, -0.1) is 0 Å². The molecule has 3 aromatic rings. The molecule has 0 saturated carbocycles. The maximum Gasteiger partial charge on any atom is 0.257 e. The Bertz CT molecular complexity index is 826. The van der Waals surface area contributed by atoms with Crippen molar-refractivity contribution >= 4 is 16.9 Å². The van der Waals surface area contributed by atoms with Crippen molar-refractivity contribution in [2.45, 2.75) is 19.9 Å². The van der Waals surface area contributed by atoms with E-state index in [9.17, 15) is 4.79 Å². The second kappa shape index (κ2) is 7.64. The Morgan fingerprint density at radius 1 is 1.25 bits per heavy atom. The summed E-state index contributed by atoms with van der Waals surface area (Å²) in [6.45, 7) is 3.46. The molecule has 2 aromatic heterocycles. The van der Waals surface area contributed by atoms with Crippen molar-refractivity contribution in [3.05, 3.63) is 60.4 Å². The number of nitrogens with zero attached hydrogens (tertiary/aromatic N) is 2. The summed E-state index contributed by atoms with van der Waals surface area (Å²) < 4.78 is 7.58. The number of ether oxygens (including phenoxy) is 1. The first kappa shape index (κ1) is 16.1. The molecule has 1 aromatic carbocycles. The predicted octanol–water partition coefficient (Wildman–Crippen LogP) is 2.93. The molecule has 0 atom stereocenters. The van der Waals surface area contributed by atoms with Crippen molar-refractivity contribution in [1.82, 2.24) is 14.9 Å². The molecule has 3 rings (SSSR count). The van der Waals surface area contributed by atoms with Crippen molar-refractivity contribution in [2.24, 2.45) is 0 Å². The van der Waals surface area contributed by atoms with E-state index in [1.165, 1.54) is 0 Å². The summed E-state index contributed by atoms with van der Waals surface area (Å²) in [5, 5.41) is 4.01. The van der Waals surface area contributed by atoms with Crippen LogP contribution < -0.4 is 10.1 Å². The maximum absolute atomic E-state index is 11.8. The lowest BCUT2D eigenvalue weighted by atomic mass is 10.2. The molecule has 0 fully saturated rings. The number of aromatic nitrogens is 2. The molecule has 0 aliphatic heterocycles.